The standard InChI is InChI=1S/C15H11F3N2OS/c16-15(17,18)11-3-1-4-12(8-11)20-14(21)10(9-19)7-13-5-2-6-22-13/h1-6,8,10H,7H2,(H,20,21)/t10-/m1/s1. The van der Waals surface area contributed by atoms with Crippen LogP contribution in [0.5, 0.6) is 0 Å². The lowest BCUT2D eigenvalue weighted by atomic mass is 10.1. The van der Waals surface area contributed by atoms with E-state index >= 15 is 0 Å². The maximum absolute atomic E-state index is 12.6. The molecule has 0 aliphatic carbocycles. The maximum atomic E-state index is 12.6. The van der Waals surface area contributed by atoms with Crippen molar-refractivity contribution in [3.05, 3.63) is 52.2 Å². The van der Waals surface area contributed by atoms with Crippen molar-refractivity contribution in [2.24, 2.45) is 5.92 Å². The van der Waals surface area contributed by atoms with Crippen LogP contribution >= 0.6 is 11.3 Å². The van der Waals surface area contributed by atoms with E-state index in [2.05, 4.69) is 5.32 Å². The third kappa shape index (κ3) is 4.09. The Morgan fingerprint density at radius 1 is 1.32 bits per heavy atom. The van der Waals surface area contributed by atoms with Gasteiger partial charge in [0.15, 0.2) is 0 Å². The van der Waals surface area contributed by atoms with Crippen molar-refractivity contribution in [2.75, 3.05) is 5.32 Å². The Balaban J connectivity index is 2.09. The summed E-state index contributed by atoms with van der Waals surface area (Å²) >= 11 is 1.42. The Bertz CT molecular complexity index is 690. The molecule has 0 radical (unpaired) electrons. The summed E-state index contributed by atoms with van der Waals surface area (Å²) in [6.07, 6.45) is -4.24. The number of carbonyl (C=O) groups is 1. The lowest BCUT2D eigenvalue weighted by Gasteiger charge is -2.12. The zero-order valence-electron chi connectivity index (χ0n) is 11.2. The number of thiophene rings is 1. The fourth-order valence-corrected chi connectivity index (χ4v) is 2.58. The van der Waals surface area contributed by atoms with Crippen molar-refractivity contribution in [3.63, 3.8) is 0 Å². The molecular weight excluding hydrogens is 313 g/mol. The third-order valence-corrected chi connectivity index (χ3v) is 3.81. The van der Waals surface area contributed by atoms with E-state index in [4.69, 9.17) is 5.26 Å². The highest BCUT2D eigenvalue weighted by Crippen LogP contribution is 2.30. The highest BCUT2D eigenvalue weighted by atomic mass is 32.1. The van der Waals surface area contributed by atoms with Gasteiger partial charge in [-0.05, 0) is 29.6 Å². The molecular formula is C15H11F3N2OS. The molecule has 7 heteroatoms. The molecule has 1 amide bonds. The van der Waals surface area contributed by atoms with Gasteiger partial charge in [0.25, 0.3) is 0 Å². The molecule has 1 heterocycles. The van der Waals surface area contributed by atoms with E-state index in [-0.39, 0.29) is 12.1 Å². The number of amides is 1. The summed E-state index contributed by atoms with van der Waals surface area (Å²) < 4.78 is 37.9. The monoisotopic (exact) mass is 324 g/mol. The van der Waals surface area contributed by atoms with Crippen LogP contribution in [-0.2, 0) is 17.4 Å². The van der Waals surface area contributed by atoms with Crippen molar-refractivity contribution in [1.82, 2.24) is 0 Å². The van der Waals surface area contributed by atoms with Gasteiger partial charge in [0.05, 0.1) is 11.6 Å². The van der Waals surface area contributed by atoms with Gasteiger partial charge < -0.3 is 5.32 Å². The molecule has 0 fully saturated rings. The van der Waals surface area contributed by atoms with Gasteiger partial charge in [-0.2, -0.15) is 18.4 Å². The molecule has 1 aromatic carbocycles. The minimum Gasteiger partial charge on any atom is -0.325 e. The molecule has 1 aromatic heterocycles. The zero-order chi connectivity index (χ0) is 16.2. The first kappa shape index (κ1) is 16.0. The van der Waals surface area contributed by atoms with Crippen LogP contribution in [0.25, 0.3) is 0 Å². The van der Waals surface area contributed by atoms with Gasteiger partial charge in [0, 0.05) is 17.0 Å². The number of halogens is 3. The number of nitrogens with one attached hydrogen (secondary N) is 1. The van der Waals surface area contributed by atoms with Crippen molar-refractivity contribution in [1.29, 1.82) is 5.26 Å². The molecule has 22 heavy (non-hydrogen) atoms. The molecule has 2 rings (SSSR count). The topological polar surface area (TPSA) is 52.9 Å². The number of anilines is 1. The molecule has 0 unspecified atom stereocenters. The van der Waals surface area contributed by atoms with Crippen LogP contribution in [0.1, 0.15) is 10.4 Å². The third-order valence-electron chi connectivity index (χ3n) is 2.92. The lowest BCUT2D eigenvalue weighted by molar-refractivity contribution is -0.137. The molecule has 0 bridgehead atoms. The second kappa shape index (κ2) is 6.62. The van der Waals surface area contributed by atoms with E-state index in [0.29, 0.717) is 0 Å². The second-order valence-corrected chi connectivity index (χ2v) is 5.57. The van der Waals surface area contributed by atoms with Gasteiger partial charge in [0.2, 0.25) is 5.91 Å². The molecule has 0 aliphatic rings. The van der Waals surface area contributed by atoms with E-state index < -0.39 is 23.6 Å². The van der Waals surface area contributed by atoms with E-state index in [9.17, 15) is 18.0 Å². The van der Waals surface area contributed by atoms with Gasteiger partial charge in [-0.1, -0.05) is 12.1 Å². The zero-order valence-corrected chi connectivity index (χ0v) is 12.0. The molecule has 3 nitrogen and oxygen atoms in total. The summed E-state index contributed by atoms with van der Waals surface area (Å²) in [7, 11) is 0. The number of hydrogen-bond acceptors (Lipinski definition) is 3. The number of rotatable bonds is 4. The Morgan fingerprint density at radius 2 is 2.09 bits per heavy atom. The average molecular weight is 324 g/mol. The van der Waals surface area contributed by atoms with Crippen LogP contribution in [-0.4, -0.2) is 5.91 Å². The van der Waals surface area contributed by atoms with Crippen LogP contribution in [0.15, 0.2) is 41.8 Å². The first-order valence-corrected chi connectivity index (χ1v) is 7.18. The van der Waals surface area contributed by atoms with Crippen LogP contribution < -0.4 is 5.32 Å². The number of alkyl halides is 3. The van der Waals surface area contributed by atoms with E-state index in [1.165, 1.54) is 23.5 Å². The average Bonchev–Trinajstić information content (AvgIpc) is 2.97. The minimum atomic E-state index is -4.48. The summed E-state index contributed by atoms with van der Waals surface area (Å²) in [5, 5.41) is 13.3. The van der Waals surface area contributed by atoms with Crippen molar-refractivity contribution >= 4 is 22.9 Å². The Kier molecular flexibility index (Phi) is 4.83. The maximum Gasteiger partial charge on any atom is 0.416 e. The molecule has 1 N–H and O–H groups in total. The van der Waals surface area contributed by atoms with Gasteiger partial charge in [-0.25, -0.2) is 0 Å². The van der Waals surface area contributed by atoms with Crippen LogP contribution in [0.2, 0.25) is 0 Å². The van der Waals surface area contributed by atoms with Crippen molar-refractivity contribution < 1.29 is 18.0 Å². The Hall–Kier alpha value is -2.33. The van der Waals surface area contributed by atoms with E-state index in [1.54, 1.807) is 12.1 Å². The Labute approximate surface area is 129 Å². The smallest absolute Gasteiger partial charge is 0.325 e. The van der Waals surface area contributed by atoms with Gasteiger partial charge in [-0.3, -0.25) is 4.79 Å². The van der Waals surface area contributed by atoms with Gasteiger partial charge in [-0.15, -0.1) is 11.3 Å². The second-order valence-electron chi connectivity index (χ2n) is 4.53. The number of hydrogen-bond donors (Lipinski definition) is 1. The summed E-state index contributed by atoms with van der Waals surface area (Å²) in [5.41, 5.74) is -0.830. The van der Waals surface area contributed by atoms with E-state index in [1.807, 2.05) is 11.4 Å². The highest BCUT2D eigenvalue weighted by molar-refractivity contribution is 7.09. The lowest BCUT2D eigenvalue weighted by Crippen LogP contribution is -2.23. The van der Waals surface area contributed by atoms with Crippen molar-refractivity contribution in [2.45, 2.75) is 12.6 Å². The summed E-state index contributed by atoms with van der Waals surface area (Å²) in [4.78, 5) is 12.9. The molecule has 0 saturated carbocycles. The van der Waals surface area contributed by atoms with Crippen LogP contribution in [0.3, 0.4) is 0 Å². The van der Waals surface area contributed by atoms with Crippen LogP contribution in [0, 0.1) is 17.2 Å². The number of nitrogens with zero attached hydrogens (tertiary/aromatic N) is 1. The number of benzene rings is 1. The fraction of sp³-hybridized carbons (Fsp3) is 0.200. The van der Waals surface area contributed by atoms with E-state index in [0.717, 1.165) is 17.0 Å². The molecule has 2 aromatic rings. The molecule has 0 aliphatic heterocycles. The predicted octanol–water partition coefficient (Wildman–Crippen LogP) is 4.09. The number of carbonyl (C=O) groups excluding carboxylic acids is 1. The van der Waals surface area contributed by atoms with Crippen molar-refractivity contribution in [3.8, 4) is 6.07 Å². The quantitative estimate of drug-likeness (QED) is 0.921. The fourth-order valence-electron chi connectivity index (χ4n) is 1.83. The molecule has 0 spiro atoms. The molecule has 0 saturated heterocycles. The Morgan fingerprint density at radius 3 is 2.68 bits per heavy atom. The molecule has 114 valence electrons. The first-order chi connectivity index (χ1) is 10.4. The largest absolute Gasteiger partial charge is 0.416 e. The predicted molar refractivity (Wildman–Crippen MR) is 77.2 cm³/mol. The summed E-state index contributed by atoms with van der Waals surface area (Å²) in [5.74, 6) is -1.57. The highest BCUT2D eigenvalue weighted by Gasteiger charge is 2.30. The summed E-state index contributed by atoms with van der Waals surface area (Å²) in [6.45, 7) is 0. The minimum absolute atomic E-state index is 0.0197. The normalized spacial score (nSPS) is 12.5. The SMILES string of the molecule is N#C[C@@H](Cc1cccs1)C(=O)Nc1cccc(C(F)(F)F)c1. The van der Waals surface area contributed by atoms with Gasteiger partial charge in [0.1, 0.15) is 5.92 Å². The number of nitriles is 1. The first-order valence-electron chi connectivity index (χ1n) is 6.30. The van der Waals surface area contributed by atoms with Gasteiger partial charge >= 0.3 is 6.18 Å². The molecule has 1 atom stereocenters. The van der Waals surface area contributed by atoms with Crippen LogP contribution in [0.4, 0.5) is 18.9 Å². The summed E-state index contributed by atoms with van der Waals surface area (Å²) in [6, 6.07) is 9.81.